The van der Waals surface area contributed by atoms with E-state index in [4.69, 9.17) is 0 Å². The molecule has 10 heteroatoms. The van der Waals surface area contributed by atoms with Crippen LogP contribution in [0.2, 0.25) is 0 Å². The fourth-order valence-electron chi connectivity index (χ4n) is 4.45. The molecule has 1 amide bonds. The van der Waals surface area contributed by atoms with Gasteiger partial charge < -0.3 is 4.52 Å². The second kappa shape index (κ2) is 6.45. The summed E-state index contributed by atoms with van der Waals surface area (Å²) in [6, 6.07) is 0. The lowest BCUT2D eigenvalue weighted by atomic mass is 9.58. The molecule has 1 heterocycles. The van der Waals surface area contributed by atoms with Gasteiger partial charge in [-0.05, 0) is 43.9 Å². The lowest BCUT2D eigenvalue weighted by Crippen LogP contribution is -2.51. The molecule has 3 aliphatic rings. The van der Waals surface area contributed by atoms with Crippen molar-refractivity contribution in [2.75, 3.05) is 5.32 Å². The maximum atomic E-state index is 13.5. The Balaban J connectivity index is 1.87. The summed E-state index contributed by atoms with van der Waals surface area (Å²) in [5.41, 5.74) is -1.64. The maximum Gasteiger partial charge on any atom is 0.437 e. The average molecular weight is 384 g/mol. The number of anilines is 1. The number of aromatic nitrogens is 1. The highest BCUT2D eigenvalue weighted by molar-refractivity contribution is 5.92. The number of hydrogen-bond donors (Lipinski definition) is 1. The smallest absolute Gasteiger partial charge is 0.338 e. The van der Waals surface area contributed by atoms with Crippen LogP contribution in [0.25, 0.3) is 0 Å². The fourth-order valence-corrected chi connectivity index (χ4v) is 4.45. The Morgan fingerprint density at radius 1 is 1.12 bits per heavy atom. The van der Waals surface area contributed by atoms with Gasteiger partial charge in [0.1, 0.15) is 0 Å². The molecule has 1 aromatic heterocycles. The summed E-state index contributed by atoms with van der Waals surface area (Å²) in [5, 5.41) is 5.08. The number of hydrogen-bond acceptors (Lipinski definition) is 3. The van der Waals surface area contributed by atoms with Crippen LogP contribution in [0.15, 0.2) is 4.52 Å². The predicted molar refractivity (Wildman–Crippen MR) is 78.0 cm³/mol. The Labute approximate surface area is 145 Å². The van der Waals surface area contributed by atoms with E-state index in [0.29, 0.717) is 25.7 Å². The number of carbonyl (C=O) groups is 1. The van der Waals surface area contributed by atoms with Gasteiger partial charge in [-0.15, -0.1) is 0 Å². The van der Waals surface area contributed by atoms with Crippen molar-refractivity contribution in [1.82, 2.24) is 5.16 Å². The van der Waals surface area contributed by atoms with Crippen LogP contribution >= 0.6 is 0 Å². The van der Waals surface area contributed by atoms with Gasteiger partial charge in [0.25, 0.3) is 0 Å². The Kier molecular flexibility index (Phi) is 4.72. The van der Waals surface area contributed by atoms with Crippen molar-refractivity contribution >= 4 is 11.8 Å². The van der Waals surface area contributed by atoms with Gasteiger partial charge in [-0.2, -0.15) is 26.3 Å². The minimum Gasteiger partial charge on any atom is -0.338 e. The van der Waals surface area contributed by atoms with Crippen molar-refractivity contribution in [1.29, 1.82) is 0 Å². The van der Waals surface area contributed by atoms with Crippen molar-refractivity contribution in [2.45, 2.75) is 51.4 Å². The number of halogens is 6. The standard InChI is InChI=1S/C16H18F6N2O2/c1-2-9-12(16(20,21)22)24-26-14(9)23-13(25)10-7-3-5-8(6-4-7)11(10)15(17,18)19/h7-8,10-11H,2-6H2,1H3,(H,23,25)/t7?,8?,10-,11-/m0/s1. The topological polar surface area (TPSA) is 55.1 Å². The number of nitrogens with zero attached hydrogens (tertiary/aromatic N) is 1. The van der Waals surface area contributed by atoms with E-state index in [-0.39, 0.29) is 12.0 Å². The van der Waals surface area contributed by atoms with Crippen LogP contribution in [0.3, 0.4) is 0 Å². The maximum absolute atomic E-state index is 13.5. The summed E-state index contributed by atoms with van der Waals surface area (Å²) in [7, 11) is 0. The SMILES string of the molecule is CCc1c(C(F)(F)F)noc1NC(=O)[C@H]1C2CCC(CC2)[C@@H]1C(F)(F)F. The Bertz CT molecular complexity index is 673. The van der Waals surface area contributed by atoms with E-state index in [1.165, 1.54) is 6.92 Å². The Morgan fingerprint density at radius 2 is 1.69 bits per heavy atom. The second-order valence-corrected chi connectivity index (χ2v) is 6.95. The van der Waals surface area contributed by atoms with Crippen molar-refractivity contribution < 1.29 is 35.7 Å². The summed E-state index contributed by atoms with van der Waals surface area (Å²) < 4.78 is 83.8. The first kappa shape index (κ1) is 19.0. The van der Waals surface area contributed by atoms with Crippen LogP contribution in [-0.4, -0.2) is 17.2 Å². The number of nitrogens with one attached hydrogen (secondary N) is 1. The molecule has 4 nitrogen and oxygen atoms in total. The molecular weight excluding hydrogens is 366 g/mol. The normalized spacial score (nSPS) is 29.0. The van der Waals surface area contributed by atoms with Crippen molar-refractivity contribution in [2.24, 2.45) is 23.7 Å². The molecule has 0 spiro atoms. The molecule has 3 saturated carbocycles. The van der Waals surface area contributed by atoms with Crippen LogP contribution in [-0.2, 0) is 17.4 Å². The zero-order valence-electron chi connectivity index (χ0n) is 13.9. The third-order valence-corrected chi connectivity index (χ3v) is 5.55. The monoisotopic (exact) mass is 384 g/mol. The number of carbonyl (C=O) groups excluding carboxylic acids is 1. The lowest BCUT2D eigenvalue weighted by Gasteiger charge is -2.48. The number of amides is 1. The molecule has 4 rings (SSSR count). The summed E-state index contributed by atoms with van der Waals surface area (Å²) in [6.07, 6.45) is -7.57. The minimum atomic E-state index is -4.77. The largest absolute Gasteiger partial charge is 0.437 e. The molecule has 0 aliphatic heterocycles. The van der Waals surface area contributed by atoms with Gasteiger partial charge in [-0.3, -0.25) is 10.1 Å². The van der Waals surface area contributed by atoms with Gasteiger partial charge in [-0.25, -0.2) is 0 Å². The van der Waals surface area contributed by atoms with Gasteiger partial charge in [0, 0.05) is 5.56 Å². The molecule has 3 fully saturated rings. The van der Waals surface area contributed by atoms with E-state index in [1.807, 2.05) is 0 Å². The highest BCUT2D eigenvalue weighted by Crippen LogP contribution is 2.54. The van der Waals surface area contributed by atoms with E-state index < -0.39 is 53.5 Å². The van der Waals surface area contributed by atoms with Gasteiger partial charge in [0.2, 0.25) is 11.8 Å². The molecule has 0 saturated heterocycles. The highest BCUT2D eigenvalue weighted by atomic mass is 19.4. The molecule has 2 atom stereocenters. The summed E-state index contributed by atoms with van der Waals surface area (Å²) in [6.45, 7) is 1.42. The van der Waals surface area contributed by atoms with Crippen molar-refractivity contribution in [3.63, 3.8) is 0 Å². The quantitative estimate of drug-likeness (QED) is 0.761. The molecule has 26 heavy (non-hydrogen) atoms. The zero-order chi connectivity index (χ0) is 19.3. The van der Waals surface area contributed by atoms with Gasteiger partial charge in [0.15, 0.2) is 5.69 Å². The predicted octanol–water partition coefficient (Wildman–Crippen LogP) is 4.81. The average Bonchev–Trinajstić information content (AvgIpc) is 2.97. The van der Waals surface area contributed by atoms with E-state index in [2.05, 4.69) is 15.0 Å². The number of alkyl halides is 6. The third-order valence-electron chi connectivity index (χ3n) is 5.55. The summed E-state index contributed by atoms with van der Waals surface area (Å²) in [5.74, 6) is -5.60. The third kappa shape index (κ3) is 3.29. The molecular formula is C16H18F6N2O2. The first-order valence-corrected chi connectivity index (χ1v) is 8.47. The van der Waals surface area contributed by atoms with Gasteiger partial charge in [-0.1, -0.05) is 12.1 Å². The zero-order valence-corrected chi connectivity index (χ0v) is 13.9. The highest BCUT2D eigenvalue weighted by Gasteiger charge is 2.58. The van der Waals surface area contributed by atoms with E-state index in [9.17, 15) is 31.1 Å². The molecule has 0 aromatic carbocycles. The van der Waals surface area contributed by atoms with Gasteiger partial charge in [0.05, 0.1) is 11.8 Å². The second-order valence-electron chi connectivity index (χ2n) is 6.95. The molecule has 146 valence electrons. The summed E-state index contributed by atoms with van der Waals surface area (Å²) in [4.78, 5) is 12.6. The molecule has 1 aromatic rings. The first-order chi connectivity index (χ1) is 12.0. The van der Waals surface area contributed by atoms with Gasteiger partial charge >= 0.3 is 12.4 Å². The minimum absolute atomic E-state index is 0.132. The van der Waals surface area contributed by atoms with Crippen molar-refractivity contribution in [3.05, 3.63) is 11.3 Å². The summed E-state index contributed by atoms with van der Waals surface area (Å²) >= 11 is 0. The van der Waals surface area contributed by atoms with Crippen LogP contribution in [0.4, 0.5) is 32.2 Å². The molecule has 2 bridgehead atoms. The molecule has 0 unspecified atom stereocenters. The lowest BCUT2D eigenvalue weighted by molar-refractivity contribution is -0.227. The van der Waals surface area contributed by atoms with E-state index in [0.717, 1.165) is 0 Å². The van der Waals surface area contributed by atoms with Crippen LogP contribution in [0.5, 0.6) is 0 Å². The van der Waals surface area contributed by atoms with Crippen LogP contribution in [0, 0.1) is 23.7 Å². The van der Waals surface area contributed by atoms with Crippen LogP contribution < -0.4 is 5.32 Å². The van der Waals surface area contributed by atoms with E-state index in [1.54, 1.807) is 0 Å². The first-order valence-electron chi connectivity index (χ1n) is 8.47. The molecule has 1 N–H and O–H groups in total. The van der Waals surface area contributed by atoms with E-state index >= 15 is 0 Å². The fraction of sp³-hybridized carbons (Fsp3) is 0.750. The molecule has 0 radical (unpaired) electrons. The Hall–Kier alpha value is -1.74. The Morgan fingerprint density at radius 3 is 2.19 bits per heavy atom. The molecule has 3 aliphatic carbocycles. The van der Waals surface area contributed by atoms with Crippen LogP contribution in [0.1, 0.15) is 43.9 Å². The number of fused-ring (bicyclic) bond motifs is 3. The van der Waals surface area contributed by atoms with Crippen molar-refractivity contribution in [3.8, 4) is 0 Å². The number of rotatable bonds is 3.